The number of hydrogen-bond acceptors (Lipinski definition) is 2. The van der Waals surface area contributed by atoms with E-state index in [2.05, 4.69) is 20.8 Å². The molecule has 0 atom stereocenters. The maximum absolute atomic E-state index is 12.0. The van der Waals surface area contributed by atoms with Crippen LogP contribution in [0.3, 0.4) is 0 Å². The van der Waals surface area contributed by atoms with Gasteiger partial charge in [0.25, 0.3) is 0 Å². The van der Waals surface area contributed by atoms with Crippen LogP contribution in [-0.4, -0.2) is 30.4 Å². The summed E-state index contributed by atoms with van der Waals surface area (Å²) >= 11 is 0. The summed E-state index contributed by atoms with van der Waals surface area (Å²) in [6.07, 6.45) is 6.28. The molecule has 0 aliphatic rings. The van der Waals surface area contributed by atoms with Crippen molar-refractivity contribution in [2.45, 2.75) is 59.3 Å². The number of hydrogen-bond donors (Lipinski definition) is 1. The second kappa shape index (κ2) is 10.6. The Morgan fingerprint density at radius 3 is 2.41 bits per heavy atom. The topological polar surface area (TPSA) is 46.3 Å². The van der Waals surface area contributed by atoms with Gasteiger partial charge < -0.3 is 10.6 Å². The number of nitrogens with two attached hydrogens (primary N) is 1. The number of carbonyl (C=O) groups is 1. The molecule has 0 aromatic carbocycles. The lowest BCUT2D eigenvalue weighted by molar-refractivity contribution is -0.131. The molecule has 3 heteroatoms. The van der Waals surface area contributed by atoms with Gasteiger partial charge in [-0.2, -0.15) is 0 Å². The van der Waals surface area contributed by atoms with Crippen molar-refractivity contribution in [3.05, 3.63) is 0 Å². The summed E-state index contributed by atoms with van der Waals surface area (Å²) in [5.74, 6) is 0.843. The second-order valence-corrected chi connectivity index (χ2v) is 5.19. The highest BCUT2D eigenvalue weighted by Crippen LogP contribution is 2.08. The summed E-state index contributed by atoms with van der Waals surface area (Å²) in [4.78, 5) is 14.0. The van der Waals surface area contributed by atoms with Gasteiger partial charge in [-0.3, -0.25) is 4.79 Å². The Bertz CT molecular complexity index is 193. The largest absolute Gasteiger partial charge is 0.342 e. The molecule has 0 saturated carbocycles. The normalized spacial score (nSPS) is 10.9. The summed E-state index contributed by atoms with van der Waals surface area (Å²) in [7, 11) is 0. The van der Waals surface area contributed by atoms with Crippen LogP contribution in [0.1, 0.15) is 59.3 Å². The molecule has 0 saturated heterocycles. The Morgan fingerprint density at radius 2 is 1.88 bits per heavy atom. The first kappa shape index (κ1) is 16.4. The lowest BCUT2D eigenvalue weighted by Gasteiger charge is -2.24. The predicted octanol–water partition coefficient (Wildman–Crippen LogP) is 2.79. The molecule has 0 spiro atoms. The van der Waals surface area contributed by atoms with E-state index in [1.807, 2.05) is 4.90 Å². The second-order valence-electron chi connectivity index (χ2n) is 5.19. The van der Waals surface area contributed by atoms with E-state index in [9.17, 15) is 4.79 Å². The first-order chi connectivity index (χ1) is 8.11. The van der Waals surface area contributed by atoms with Crippen LogP contribution >= 0.6 is 0 Å². The zero-order valence-corrected chi connectivity index (χ0v) is 11.9. The van der Waals surface area contributed by atoms with E-state index in [1.54, 1.807) is 0 Å². The Morgan fingerprint density at radius 1 is 1.18 bits per heavy atom. The maximum Gasteiger partial charge on any atom is 0.222 e. The van der Waals surface area contributed by atoms with Crippen molar-refractivity contribution in [2.24, 2.45) is 11.7 Å². The summed E-state index contributed by atoms with van der Waals surface area (Å²) in [6, 6.07) is 0. The molecule has 0 fully saturated rings. The molecular weight excluding hydrogens is 212 g/mol. The van der Waals surface area contributed by atoms with Gasteiger partial charge in [0.15, 0.2) is 0 Å². The highest BCUT2D eigenvalue weighted by atomic mass is 16.2. The van der Waals surface area contributed by atoms with E-state index in [-0.39, 0.29) is 0 Å². The molecule has 0 radical (unpaired) electrons. The lowest BCUT2D eigenvalue weighted by atomic mass is 10.1. The van der Waals surface area contributed by atoms with Crippen LogP contribution in [0.4, 0.5) is 0 Å². The standard InChI is InChI=1S/C14H30N2O/c1-4-5-6-7-9-14(17)16(11-8-10-15)12-13(2)3/h13H,4-12,15H2,1-3H3. The van der Waals surface area contributed by atoms with Gasteiger partial charge in [-0.25, -0.2) is 0 Å². The number of unbranched alkanes of at least 4 members (excludes halogenated alkanes) is 3. The minimum atomic E-state index is 0.309. The maximum atomic E-state index is 12.0. The van der Waals surface area contributed by atoms with Crippen LogP contribution in [0.25, 0.3) is 0 Å². The van der Waals surface area contributed by atoms with Crippen LogP contribution in [0, 0.1) is 5.92 Å². The molecule has 0 aromatic rings. The fourth-order valence-corrected chi connectivity index (χ4v) is 1.90. The van der Waals surface area contributed by atoms with Crippen LogP contribution in [0.2, 0.25) is 0 Å². The number of rotatable bonds is 10. The Labute approximate surface area is 107 Å². The van der Waals surface area contributed by atoms with Crippen molar-refractivity contribution in [1.29, 1.82) is 0 Å². The van der Waals surface area contributed by atoms with Crippen molar-refractivity contribution < 1.29 is 4.79 Å². The van der Waals surface area contributed by atoms with E-state index < -0.39 is 0 Å². The van der Waals surface area contributed by atoms with Crippen LogP contribution in [0.5, 0.6) is 0 Å². The zero-order chi connectivity index (χ0) is 13.1. The van der Waals surface area contributed by atoms with E-state index >= 15 is 0 Å². The SMILES string of the molecule is CCCCCCC(=O)N(CCCN)CC(C)C. The summed E-state index contributed by atoms with van der Waals surface area (Å²) < 4.78 is 0. The van der Waals surface area contributed by atoms with Gasteiger partial charge in [-0.1, -0.05) is 40.0 Å². The quantitative estimate of drug-likeness (QED) is 0.599. The first-order valence-corrected chi connectivity index (χ1v) is 7.09. The molecule has 3 nitrogen and oxygen atoms in total. The van der Waals surface area contributed by atoms with E-state index in [0.29, 0.717) is 24.8 Å². The molecule has 0 heterocycles. The minimum Gasteiger partial charge on any atom is -0.342 e. The minimum absolute atomic E-state index is 0.309. The van der Waals surface area contributed by atoms with Gasteiger partial charge >= 0.3 is 0 Å². The van der Waals surface area contributed by atoms with Gasteiger partial charge in [0.1, 0.15) is 0 Å². The van der Waals surface area contributed by atoms with Crippen molar-refractivity contribution in [1.82, 2.24) is 4.90 Å². The average molecular weight is 242 g/mol. The third-order valence-electron chi connectivity index (χ3n) is 2.81. The van der Waals surface area contributed by atoms with Crippen LogP contribution in [-0.2, 0) is 4.79 Å². The van der Waals surface area contributed by atoms with Gasteiger partial charge in [0.2, 0.25) is 5.91 Å². The first-order valence-electron chi connectivity index (χ1n) is 7.09. The van der Waals surface area contributed by atoms with Crippen LogP contribution in [0.15, 0.2) is 0 Å². The highest BCUT2D eigenvalue weighted by Gasteiger charge is 2.13. The zero-order valence-electron chi connectivity index (χ0n) is 11.9. The van der Waals surface area contributed by atoms with Crippen LogP contribution < -0.4 is 5.73 Å². The van der Waals surface area contributed by atoms with Gasteiger partial charge in [-0.05, 0) is 25.3 Å². The third-order valence-corrected chi connectivity index (χ3v) is 2.81. The molecule has 2 N–H and O–H groups in total. The fourth-order valence-electron chi connectivity index (χ4n) is 1.90. The van der Waals surface area contributed by atoms with Gasteiger partial charge in [0, 0.05) is 19.5 Å². The van der Waals surface area contributed by atoms with E-state index in [4.69, 9.17) is 5.73 Å². The highest BCUT2D eigenvalue weighted by molar-refractivity contribution is 5.76. The Kier molecular flexibility index (Phi) is 10.2. The Hall–Kier alpha value is -0.570. The molecule has 17 heavy (non-hydrogen) atoms. The summed E-state index contributed by atoms with van der Waals surface area (Å²) in [5, 5.41) is 0. The number of amides is 1. The monoisotopic (exact) mass is 242 g/mol. The van der Waals surface area contributed by atoms with Gasteiger partial charge in [0.05, 0.1) is 0 Å². The molecule has 0 aliphatic heterocycles. The number of nitrogens with zero attached hydrogens (tertiary/aromatic N) is 1. The molecule has 0 aliphatic carbocycles. The predicted molar refractivity (Wildman–Crippen MR) is 73.8 cm³/mol. The van der Waals surface area contributed by atoms with Crippen molar-refractivity contribution in [3.8, 4) is 0 Å². The smallest absolute Gasteiger partial charge is 0.222 e. The third kappa shape index (κ3) is 9.16. The molecule has 0 unspecified atom stereocenters. The molecule has 0 aromatic heterocycles. The van der Waals surface area contributed by atoms with Crippen molar-refractivity contribution in [3.63, 3.8) is 0 Å². The molecular formula is C14H30N2O. The molecule has 102 valence electrons. The lowest BCUT2D eigenvalue weighted by Crippen LogP contribution is -2.35. The van der Waals surface area contributed by atoms with Crippen molar-refractivity contribution >= 4 is 5.91 Å². The average Bonchev–Trinajstić information content (AvgIpc) is 2.29. The number of carbonyl (C=O) groups excluding carboxylic acids is 1. The van der Waals surface area contributed by atoms with E-state index in [1.165, 1.54) is 19.3 Å². The summed E-state index contributed by atoms with van der Waals surface area (Å²) in [6.45, 7) is 8.85. The fraction of sp³-hybridized carbons (Fsp3) is 0.929. The molecule has 1 amide bonds. The molecule has 0 rings (SSSR count). The Balaban J connectivity index is 3.94. The summed E-state index contributed by atoms with van der Waals surface area (Å²) in [5.41, 5.74) is 5.51. The van der Waals surface area contributed by atoms with E-state index in [0.717, 1.165) is 25.9 Å². The molecule has 0 bridgehead atoms. The van der Waals surface area contributed by atoms with Crippen molar-refractivity contribution in [2.75, 3.05) is 19.6 Å². The van der Waals surface area contributed by atoms with Gasteiger partial charge in [-0.15, -0.1) is 0 Å².